The first-order valence-electron chi connectivity index (χ1n) is 10.6. The molecule has 1 aliphatic rings. The van der Waals surface area contributed by atoms with Gasteiger partial charge in [-0.1, -0.05) is 51.1 Å². The van der Waals surface area contributed by atoms with Crippen molar-refractivity contribution in [3.05, 3.63) is 59.9 Å². The zero-order valence-electron chi connectivity index (χ0n) is 19.3. The Kier molecular flexibility index (Phi) is 6.48. The second-order valence-electron chi connectivity index (χ2n) is 10.0. The van der Waals surface area contributed by atoms with E-state index in [4.69, 9.17) is 9.16 Å². The minimum Gasteiger partial charge on any atom is -0.444 e. The Hall–Kier alpha value is -2.38. The summed E-state index contributed by atoms with van der Waals surface area (Å²) in [6.07, 6.45) is -0.615. The van der Waals surface area contributed by atoms with Crippen molar-refractivity contribution in [3.63, 3.8) is 0 Å². The molecule has 1 saturated heterocycles. The third-order valence-corrected chi connectivity index (χ3v) is 10.7. The molecule has 0 unspecified atom stereocenters. The molecule has 1 heterocycles. The minimum atomic E-state index is -1.90. The van der Waals surface area contributed by atoms with Crippen molar-refractivity contribution in [3.8, 4) is 0 Å². The first kappa shape index (κ1) is 23.3. The average molecular weight is 445 g/mol. The molecule has 3 rings (SSSR count). The van der Waals surface area contributed by atoms with Gasteiger partial charge < -0.3 is 14.1 Å². The Bertz CT molecular complexity index is 922. The van der Waals surface area contributed by atoms with Crippen LogP contribution in [0.25, 0.3) is 0 Å². The molecule has 2 aromatic rings. The number of hydrogen-bond acceptors (Lipinski definition) is 4. The predicted molar refractivity (Wildman–Crippen MR) is 126 cm³/mol. The number of anilines is 2. The highest BCUT2D eigenvalue weighted by Crippen LogP contribution is 2.42. The van der Waals surface area contributed by atoms with E-state index in [1.54, 1.807) is 12.1 Å². The second kappa shape index (κ2) is 8.63. The molecule has 1 N–H and O–H groups in total. The number of hydrogen-bond donors (Lipinski definition) is 1. The number of carbonyl (C=O) groups is 1. The van der Waals surface area contributed by atoms with Gasteiger partial charge in [-0.05, 0) is 48.8 Å². The first-order chi connectivity index (χ1) is 14.4. The molecule has 1 amide bonds. The number of halogens is 1. The third kappa shape index (κ3) is 5.65. The molecule has 0 radical (unpaired) electrons. The fourth-order valence-electron chi connectivity index (χ4n) is 3.48. The number of ether oxygens (including phenoxy) is 1. The summed E-state index contributed by atoms with van der Waals surface area (Å²) < 4.78 is 26.5. The number of rotatable bonds is 6. The smallest absolute Gasteiger partial charge is 0.411 e. The standard InChI is InChI=1S/C24H33FN2O3Si/c1-23(2,3)31(5,6)30-24(4)16-27(17-24)21-13-12-19(14-20(21)25)26-22(28)29-15-18-10-8-7-9-11-18/h7-14H,15-17H2,1-6H3,(H,26,28). The van der Waals surface area contributed by atoms with Gasteiger partial charge in [0.2, 0.25) is 0 Å². The van der Waals surface area contributed by atoms with Gasteiger partial charge in [-0.15, -0.1) is 0 Å². The largest absolute Gasteiger partial charge is 0.444 e. The third-order valence-electron chi connectivity index (χ3n) is 6.11. The van der Waals surface area contributed by atoms with Gasteiger partial charge in [0.25, 0.3) is 0 Å². The van der Waals surface area contributed by atoms with E-state index >= 15 is 0 Å². The van der Waals surface area contributed by atoms with Crippen molar-refractivity contribution in [1.82, 2.24) is 0 Å². The molecule has 1 fully saturated rings. The van der Waals surface area contributed by atoms with Crippen LogP contribution in [0.4, 0.5) is 20.6 Å². The Morgan fingerprint density at radius 3 is 2.39 bits per heavy atom. The van der Waals surface area contributed by atoms with E-state index in [1.165, 1.54) is 6.07 Å². The van der Waals surface area contributed by atoms with Crippen LogP contribution in [0.5, 0.6) is 0 Å². The normalized spacial score (nSPS) is 15.9. The molecule has 31 heavy (non-hydrogen) atoms. The summed E-state index contributed by atoms with van der Waals surface area (Å²) in [6, 6.07) is 14.1. The van der Waals surface area contributed by atoms with Crippen LogP contribution in [-0.2, 0) is 15.8 Å². The van der Waals surface area contributed by atoms with Crippen LogP contribution in [0, 0.1) is 5.82 Å². The fraction of sp³-hybridized carbons (Fsp3) is 0.458. The molecule has 0 aromatic heterocycles. The zero-order chi connectivity index (χ0) is 22.9. The molecule has 0 atom stereocenters. The van der Waals surface area contributed by atoms with Crippen LogP contribution < -0.4 is 10.2 Å². The highest BCUT2D eigenvalue weighted by molar-refractivity contribution is 6.74. The van der Waals surface area contributed by atoms with E-state index in [1.807, 2.05) is 35.2 Å². The van der Waals surface area contributed by atoms with Gasteiger partial charge in [-0.3, -0.25) is 5.32 Å². The topological polar surface area (TPSA) is 50.8 Å². The molecule has 0 saturated carbocycles. The summed E-state index contributed by atoms with van der Waals surface area (Å²) in [5.74, 6) is -0.379. The van der Waals surface area contributed by atoms with E-state index in [2.05, 4.69) is 46.1 Å². The van der Waals surface area contributed by atoms with Crippen LogP contribution in [0.1, 0.15) is 33.3 Å². The van der Waals surface area contributed by atoms with Crippen LogP contribution in [0.15, 0.2) is 48.5 Å². The van der Waals surface area contributed by atoms with Gasteiger partial charge in [0.1, 0.15) is 12.4 Å². The van der Waals surface area contributed by atoms with E-state index in [-0.39, 0.29) is 23.1 Å². The maximum absolute atomic E-state index is 14.7. The lowest BCUT2D eigenvalue weighted by Crippen LogP contribution is -2.66. The molecule has 5 nitrogen and oxygen atoms in total. The Morgan fingerprint density at radius 1 is 1.16 bits per heavy atom. The SMILES string of the molecule is CC1(O[Si](C)(C)C(C)(C)C)CN(c2ccc(NC(=O)OCc3ccccc3)cc2F)C1. The van der Waals surface area contributed by atoms with E-state index in [0.29, 0.717) is 24.5 Å². The number of nitrogens with one attached hydrogen (secondary N) is 1. The molecule has 168 valence electrons. The van der Waals surface area contributed by atoms with Gasteiger partial charge in [0, 0.05) is 18.8 Å². The average Bonchev–Trinajstić information content (AvgIpc) is 2.64. The quantitative estimate of drug-likeness (QED) is 0.541. The van der Waals surface area contributed by atoms with Crippen molar-refractivity contribution in [1.29, 1.82) is 0 Å². The van der Waals surface area contributed by atoms with Crippen LogP contribution in [0.3, 0.4) is 0 Å². The number of carbonyl (C=O) groups excluding carboxylic acids is 1. The van der Waals surface area contributed by atoms with Crippen molar-refractivity contribution in [2.24, 2.45) is 0 Å². The Labute approximate surface area is 185 Å². The maximum atomic E-state index is 14.7. The molecular weight excluding hydrogens is 411 g/mol. The predicted octanol–water partition coefficient (Wildman–Crippen LogP) is 6.17. The number of benzene rings is 2. The minimum absolute atomic E-state index is 0.129. The van der Waals surface area contributed by atoms with Crippen molar-refractivity contribution in [2.45, 2.75) is 58.0 Å². The monoisotopic (exact) mass is 444 g/mol. The van der Waals surface area contributed by atoms with Gasteiger partial charge in [0.05, 0.1) is 11.3 Å². The molecule has 1 aliphatic heterocycles. The van der Waals surface area contributed by atoms with Gasteiger partial charge in [-0.25, -0.2) is 9.18 Å². The first-order valence-corrected chi connectivity index (χ1v) is 13.5. The Morgan fingerprint density at radius 2 is 1.81 bits per heavy atom. The van der Waals surface area contributed by atoms with Gasteiger partial charge in [-0.2, -0.15) is 0 Å². The molecular formula is C24H33FN2O3Si. The van der Waals surface area contributed by atoms with E-state index in [0.717, 1.165) is 5.56 Å². The van der Waals surface area contributed by atoms with E-state index < -0.39 is 14.4 Å². The summed E-state index contributed by atoms with van der Waals surface area (Å²) >= 11 is 0. The number of nitrogens with zero attached hydrogens (tertiary/aromatic N) is 1. The summed E-state index contributed by atoms with van der Waals surface area (Å²) in [4.78, 5) is 14.0. The highest BCUT2D eigenvalue weighted by atomic mass is 28.4. The fourth-order valence-corrected chi connectivity index (χ4v) is 5.15. The van der Waals surface area contributed by atoms with Gasteiger partial charge in [0.15, 0.2) is 8.32 Å². The van der Waals surface area contributed by atoms with Crippen LogP contribution in [0.2, 0.25) is 18.1 Å². The van der Waals surface area contributed by atoms with Crippen LogP contribution in [-0.4, -0.2) is 33.1 Å². The molecule has 7 heteroatoms. The zero-order valence-corrected chi connectivity index (χ0v) is 20.3. The van der Waals surface area contributed by atoms with E-state index in [9.17, 15) is 9.18 Å². The summed E-state index contributed by atoms with van der Waals surface area (Å²) in [5.41, 5.74) is 1.49. The lowest BCUT2D eigenvalue weighted by molar-refractivity contribution is 0.0427. The summed E-state index contributed by atoms with van der Waals surface area (Å²) in [5, 5.41) is 2.71. The highest BCUT2D eigenvalue weighted by Gasteiger charge is 2.48. The van der Waals surface area contributed by atoms with Gasteiger partial charge >= 0.3 is 6.09 Å². The summed E-state index contributed by atoms with van der Waals surface area (Å²) in [7, 11) is -1.90. The van der Waals surface area contributed by atoms with Crippen molar-refractivity contribution in [2.75, 3.05) is 23.3 Å². The maximum Gasteiger partial charge on any atom is 0.411 e. The summed E-state index contributed by atoms with van der Waals surface area (Å²) in [6.45, 7) is 14.7. The van der Waals surface area contributed by atoms with Crippen molar-refractivity contribution < 1.29 is 18.3 Å². The van der Waals surface area contributed by atoms with Crippen LogP contribution >= 0.6 is 0 Å². The van der Waals surface area contributed by atoms with Crippen molar-refractivity contribution >= 4 is 25.8 Å². The lowest BCUT2D eigenvalue weighted by atomic mass is 9.96. The molecule has 0 spiro atoms. The number of amides is 1. The molecule has 0 bridgehead atoms. The molecule has 2 aromatic carbocycles. The lowest BCUT2D eigenvalue weighted by Gasteiger charge is -2.54. The molecule has 0 aliphatic carbocycles. The Balaban J connectivity index is 1.55. The second-order valence-corrected chi connectivity index (χ2v) is 14.7.